The van der Waals surface area contributed by atoms with Gasteiger partial charge in [-0.3, -0.25) is 25.0 Å². The number of carbonyl (C=O) groups is 1. The highest BCUT2D eigenvalue weighted by Crippen LogP contribution is 2.39. The Morgan fingerprint density at radius 3 is 2.34 bits per heavy atom. The third-order valence-corrected chi connectivity index (χ3v) is 4.97. The Labute approximate surface area is 216 Å². The van der Waals surface area contributed by atoms with Crippen molar-refractivity contribution in [2.24, 2.45) is 10.2 Å². The molecule has 14 nitrogen and oxygen atoms in total. The van der Waals surface area contributed by atoms with Crippen molar-refractivity contribution in [2.75, 3.05) is 30.9 Å². The zero-order valence-corrected chi connectivity index (χ0v) is 20.4. The number of azo groups is 1. The highest BCUT2D eigenvalue weighted by Gasteiger charge is 2.20. The van der Waals surface area contributed by atoms with Crippen LogP contribution < -0.4 is 20.1 Å². The fraction of sp³-hybridized carbons (Fsp3) is 0.208. The number of hydrogen-bond acceptors (Lipinski definition) is 11. The number of non-ortho nitro benzene ring substituents is 1. The molecule has 3 aromatic carbocycles. The first kappa shape index (κ1) is 27.5. The largest absolute Gasteiger partial charge is 0.495 e. The monoisotopic (exact) mass is 524 g/mol. The summed E-state index contributed by atoms with van der Waals surface area (Å²) in [4.78, 5) is 32.6. The van der Waals surface area contributed by atoms with Gasteiger partial charge in [-0.2, -0.15) is 0 Å². The van der Waals surface area contributed by atoms with Gasteiger partial charge in [0.05, 0.1) is 34.4 Å². The SMILES string of the molecule is COc1cc(N=Nc2ccc([N+](=O)[O-])cc2[N+](=O)[O-])c(NC(C)=O)cc1NCC(O)COc1ccccc1. The maximum absolute atomic E-state index is 11.8. The molecule has 3 rings (SSSR count). The van der Waals surface area contributed by atoms with Gasteiger partial charge >= 0.3 is 5.69 Å². The van der Waals surface area contributed by atoms with E-state index in [4.69, 9.17) is 9.47 Å². The summed E-state index contributed by atoms with van der Waals surface area (Å²) in [5.74, 6) is 0.470. The van der Waals surface area contributed by atoms with Gasteiger partial charge in [-0.15, -0.1) is 10.2 Å². The average Bonchev–Trinajstić information content (AvgIpc) is 2.90. The number of nitrogens with zero attached hydrogens (tertiary/aromatic N) is 4. The minimum Gasteiger partial charge on any atom is -0.495 e. The topological polar surface area (TPSA) is 191 Å². The molecule has 1 amide bonds. The van der Waals surface area contributed by atoms with Crippen molar-refractivity contribution >= 4 is 40.0 Å². The van der Waals surface area contributed by atoms with Crippen LogP contribution in [0.25, 0.3) is 0 Å². The van der Waals surface area contributed by atoms with Gasteiger partial charge in [-0.1, -0.05) is 18.2 Å². The molecule has 0 saturated heterocycles. The van der Waals surface area contributed by atoms with Gasteiger partial charge in [0, 0.05) is 25.6 Å². The van der Waals surface area contributed by atoms with E-state index in [-0.39, 0.29) is 36.0 Å². The van der Waals surface area contributed by atoms with Gasteiger partial charge in [0.25, 0.3) is 5.69 Å². The number of nitrogens with one attached hydrogen (secondary N) is 2. The molecule has 3 N–H and O–H groups in total. The molecular weight excluding hydrogens is 500 g/mol. The molecule has 14 heteroatoms. The van der Waals surface area contributed by atoms with Crippen LogP contribution in [0.15, 0.2) is 70.9 Å². The summed E-state index contributed by atoms with van der Waals surface area (Å²) >= 11 is 0. The normalized spacial score (nSPS) is 11.6. The van der Waals surface area contributed by atoms with Crippen molar-refractivity contribution in [3.05, 3.63) is 80.9 Å². The highest BCUT2D eigenvalue weighted by atomic mass is 16.6. The number of anilines is 2. The lowest BCUT2D eigenvalue weighted by Gasteiger charge is -2.17. The lowest BCUT2D eigenvalue weighted by molar-refractivity contribution is -0.393. The van der Waals surface area contributed by atoms with E-state index in [9.17, 15) is 30.1 Å². The van der Waals surface area contributed by atoms with Gasteiger partial charge in [-0.25, -0.2) is 0 Å². The molecule has 0 aliphatic heterocycles. The number of nitro groups is 2. The minimum atomic E-state index is -0.883. The molecular formula is C24H24N6O8. The number of amides is 1. The van der Waals surface area contributed by atoms with Crippen molar-refractivity contribution in [2.45, 2.75) is 13.0 Å². The summed E-state index contributed by atoms with van der Waals surface area (Å²) in [6.07, 6.45) is -0.883. The van der Waals surface area contributed by atoms with Gasteiger partial charge in [0.15, 0.2) is 5.69 Å². The summed E-state index contributed by atoms with van der Waals surface area (Å²) in [5, 5.41) is 46.2. The van der Waals surface area contributed by atoms with Crippen molar-refractivity contribution in [3.8, 4) is 11.5 Å². The molecule has 3 aromatic rings. The zero-order chi connectivity index (χ0) is 27.7. The van der Waals surface area contributed by atoms with Crippen molar-refractivity contribution in [3.63, 3.8) is 0 Å². The first-order valence-electron chi connectivity index (χ1n) is 11.1. The summed E-state index contributed by atoms with van der Waals surface area (Å²) in [6.45, 7) is 1.39. The van der Waals surface area contributed by atoms with E-state index in [1.165, 1.54) is 26.2 Å². The number of carbonyl (C=O) groups excluding carboxylic acids is 1. The molecule has 1 atom stereocenters. The fourth-order valence-electron chi connectivity index (χ4n) is 3.21. The number of aliphatic hydroxyl groups is 1. The highest BCUT2D eigenvalue weighted by molar-refractivity contribution is 5.93. The van der Waals surface area contributed by atoms with Gasteiger partial charge < -0.3 is 25.2 Å². The molecule has 0 spiro atoms. The zero-order valence-electron chi connectivity index (χ0n) is 20.4. The van der Waals surface area contributed by atoms with Crippen molar-refractivity contribution in [1.82, 2.24) is 0 Å². The Kier molecular flexibility index (Phi) is 9.21. The molecule has 0 heterocycles. The second-order valence-electron chi connectivity index (χ2n) is 7.80. The molecule has 38 heavy (non-hydrogen) atoms. The van der Waals surface area contributed by atoms with E-state index in [2.05, 4.69) is 20.9 Å². The van der Waals surface area contributed by atoms with Gasteiger partial charge in [-0.05, 0) is 24.3 Å². The standard InChI is InChI=1S/C24H24N6O8/c1-15(31)26-20-11-22(25-13-17(32)14-38-18-6-4-3-5-7-18)24(37-2)12-21(20)28-27-19-9-8-16(29(33)34)10-23(19)30(35)36/h3-12,17,25,32H,13-14H2,1-2H3,(H,26,31). The average molecular weight is 524 g/mol. The first-order chi connectivity index (χ1) is 18.2. The van der Waals surface area contributed by atoms with Crippen LogP contribution >= 0.6 is 0 Å². The Hall–Kier alpha value is -5.11. The number of nitro benzene ring substituents is 2. The van der Waals surface area contributed by atoms with Crippen molar-refractivity contribution < 1.29 is 29.2 Å². The number of aliphatic hydroxyl groups excluding tert-OH is 1. The molecule has 0 radical (unpaired) electrons. The number of ether oxygens (including phenoxy) is 2. The summed E-state index contributed by atoms with van der Waals surface area (Å²) in [7, 11) is 1.40. The van der Waals surface area contributed by atoms with Crippen LogP contribution in [0.1, 0.15) is 6.92 Å². The third kappa shape index (κ3) is 7.44. The van der Waals surface area contributed by atoms with Gasteiger partial charge in [0.1, 0.15) is 29.9 Å². The number of benzene rings is 3. The molecule has 1 unspecified atom stereocenters. The molecule has 0 bridgehead atoms. The molecule has 0 aromatic heterocycles. The van der Waals surface area contributed by atoms with E-state index in [0.717, 1.165) is 18.2 Å². The number of methoxy groups -OCH3 is 1. The van der Waals surface area contributed by atoms with Crippen LogP contribution in [0.4, 0.5) is 34.1 Å². The molecule has 0 fully saturated rings. The Morgan fingerprint density at radius 2 is 1.71 bits per heavy atom. The van der Waals surface area contributed by atoms with E-state index in [1.54, 1.807) is 12.1 Å². The lowest BCUT2D eigenvalue weighted by Crippen LogP contribution is -2.26. The van der Waals surface area contributed by atoms with Crippen LogP contribution in [0.2, 0.25) is 0 Å². The predicted molar refractivity (Wildman–Crippen MR) is 138 cm³/mol. The number of rotatable bonds is 12. The third-order valence-electron chi connectivity index (χ3n) is 4.97. The Balaban J connectivity index is 1.84. The smallest absolute Gasteiger partial charge is 0.303 e. The lowest BCUT2D eigenvalue weighted by atomic mass is 10.2. The molecule has 0 saturated carbocycles. The second-order valence-corrected chi connectivity index (χ2v) is 7.80. The maximum Gasteiger partial charge on any atom is 0.303 e. The van der Waals surface area contributed by atoms with Crippen LogP contribution in [0.5, 0.6) is 11.5 Å². The second kappa shape index (κ2) is 12.7. The quantitative estimate of drug-likeness (QED) is 0.171. The molecule has 0 aliphatic rings. The van der Waals surface area contributed by atoms with E-state index in [0.29, 0.717) is 11.4 Å². The van der Waals surface area contributed by atoms with E-state index in [1.807, 2.05) is 18.2 Å². The number of hydrogen-bond donors (Lipinski definition) is 3. The van der Waals surface area contributed by atoms with Crippen LogP contribution in [0.3, 0.4) is 0 Å². The number of para-hydroxylation sites is 1. The van der Waals surface area contributed by atoms with Crippen molar-refractivity contribution in [1.29, 1.82) is 0 Å². The van der Waals surface area contributed by atoms with Crippen LogP contribution in [0, 0.1) is 20.2 Å². The van der Waals surface area contributed by atoms with Gasteiger partial charge in [0.2, 0.25) is 5.91 Å². The minimum absolute atomic E-state index is 0.0260. The summed E-state index contributed by atoms with van der Waals surface area (Å²) < 4.78 is 10.9. The van der Waals surface area contributed by atoms with E-state index < -0.39 is 33.2 Å². The van der Waals surface area contributed by atoms with E-state index >= 15 is 0 Å². The first-order valence-corrected chi connectivity index (χ1v) is 11.1. The predicted octanol–water partition coefficient (Wildman–Crippen LogP) is 4.74. The fourth-order valence-corrected chi connectivity index (χ4v) is 3.21. The molecule has 0 aliphatic carbocycles. The maximum atomic E-state index is 11.8. The van der Waals surface area contributed by atoms with Crippen LogP contribution in [-0.2, 0) is 4.79 Å². The summed E-state index contributed by atoms with van der Waals surface area (Å²) in [6, 6.07) is 14.9. The Morgan fingerprint density at radius 1 is 1.00 bits per heavy atom. The van der Waals surface area contributed by atoms with Crippen LogP contribution in [-0.4, -0.2) is 47.2 Å². The Bertz CT molecular complexity index is 1350. The molecule has 198 valence electrons. The summed E-state index contributed by atoms with van der Waals surface area (Å²) in [5.41, 5.74) is -0.594.